The molecule has 2 unspecified atom stereocenters. The summed E-state index contributed by atoms with van der Waals surface area (Å²) in [6, 6.07) is 0. The van der Waals surface area contributed by atoms with Gasteiger partial charge in [-0.2, -0.15) is 0 Å². The zero-order valence-electron chi connectivity index (χ0n) is 11.8. The van der Waals surface area contributed by atoms with Crippen molar-refractivity contribution in [1.82, 2.24) is 15.3 Å². The molecule has 4 nitrogen and oxygen atoms in total. The summed E-state index contributed by atoms with van der Waals surface area (Å²) in [6.45, 7) is 6.43. The number of hydrogen-bond donors (Lipinski definition) is 1. The Morgan fingerprint density at radius 2 is 1.89 bits per heavy atom. The Balaban J connectivity index is 1.57. The first-order valence-electron chi connectivity index (χ1n) is 7.63. The second kappa shape index (κ2) is 5.87. The summed E-state index contributed by atoms with van der Waals surface area (Å²) >= 11 is 0. The van der Waals surface area contributed by atoms with E-state index >= 15 is 0 Å². The third-order valence-electron chi connectivity index (χ3n) is 4.46. The van der Waals surface area contributed by atoms with Gasteiger partial charge in [-0.3, -0.25) is 0 Å². The molecule has 1 saturated heterocycles. The van der Waals surface area contributed by atoms with E-state index in [-0.39, 0.29) is 0 Å². The maximum Gasteiger partial charge on any atom is 0.225 e. The van der Waals surface area contributed by atoms with Crippen molar-refractivity contribution in [2.75, 3.05) is 24.5 Å². The SMILES string of the molecule is CCCNCc1cnc(N2CC3CCCC3C2)nc1. The molecule has 3 rings (SSSR count). The quantitative estimate of drug-likeness (QED) is 0.824. The van der Waals surface area contributed by atoms with E-state index in [1.165, 1.54) is 24.8 Å². The number of fused-ring (bicyclic) bond motifs is 1. The standard InChI is InChI=1S/C15H24N4/c1-2-6-16-7-12-8-17-15(18-9-12)19-10-13-4-3-5-14(13)11-19/h8-9,13-14,16H,2-7,10-11H2,1H3. The van der Waals surface area contributed by atoms with E-state index < -0.39 is 0 Å². The lowest BCUT2D eigenvalue weighted by Crippen LogP contribution is -2.23. The number of aromatic nitrogens is 2. The molecule has 0 bridgehead atoms. The Bertz CT molecular complexity index is 391. The molecule has 1 aromatic heterocycles. The molecular formula is C15H24N4. The molecule has 1 saturated carbocycles. The predicted octanol–water partition coefficient (Wildman–Crippen LogP) is 2.21. The predicted molar refractivity (Wildman–Crippen MR) is 77.1 cm³/mol. The fourth-order valence-corrected chi connectivity index (χ4v) is 3.41. The highest BCUT2D eigenvalue weighted by Crippen LogP contribution is 2.38. The van der Waals surface area contributed by atoms with Gasteiger partial charge in [-0.05, 0) is 37.6 Å². The van der Waals surface area contributed by atoms with Gasteiger partial charge in [0.05, 0.1) is 0 Å². The summed E-state index contributed by atoms with van der Waals surface area (Å²) in [5, 5.41) is 3.38. The first-order valence-corrected chi connectivity index (χ1v) is 7.63. The van der Waals surface area contributed by atoms with Gasteiger partial charge in [-0.1, -0.05) is 13.3 Å². The lowest BCUT2D eigenvalue weighted by atomic mass is 10.0. The highest BCUT2D eigenvalue weighted by atomic mass is 15.3. The molecule has 1 N–H and O–H groups in total. The van der Waals surface area contributed by atoms with Crippen LogP contribution in [0.3, 0.4) is 0 Å². The molecule has 1 aromatic rings. The molecule has 0 spiro atoms. The average Bonchev–Trinajstić information content (AvgIpc) is 3.01. The topological polar surface area (TPSA) is 41.1 Å². The van der Waals surface area contributed by atoms with Gasteiger partial charge in [0.2, 0.25) is 5.95 Å². The molecule has 2 heterocycles. The smallest absolute Gasteiger partial charge is 0.225 e. The molecule has 1 aliphatic carbocycles. The molecule has 104 valence electrons. The summed E-state index contributed by atoms with van der Waals surface area (Å²) in [7, 11) is 0. The van der Waals surface area contributed by atoms with Gasteiger partial charge >= 0.3 is 0 Å². The molecule has 2 fully saturated rings. The average molecular weight is 260 g/mol. The minimum atomic E-state index is 0.874. The zero-order valence-corrected chi connectivity index (χ0v) is 11.8. The van der Waals surface area contributed by atoms with Gasteiger partial charge in [0.25, 0.3) is 0 Å². The number of hydrogen-bond acceptors (Lipinski definition) is 4. The Morgan fingerprint density at radius 3 is 2.53 bits per heavy atom. The van der Waals surface area contributed by atoms with Gasteiger partial charge in [-0.25, -0.2) is 9.97 Å². The highest BCUT2D eigenvalue weighted by Gasteiger charge is 2.36. The molecular weight excluding hydrogens is 236 g/mol. The van der Waals surface area contributed by atoms with Crippen LogP contribution >= 0.6 is 0 Å². The first-order chi connectivity index (χ1) is 9.36. The van der Waals surface area contributed by atoms with Crippen LogP contribution in [-0.4, -0.2) is 29.6 Å². The maximum absolute atomic E-state index is 4.54. The minimum absolute atomic E-state index is 0.874. The molecule has 1 aliphatic heterocycles. The molecule has 0 aromatic carbocycles. The fraction of sp³-hybridized carbons (Fsp3) is 0.733. The number of nitrogens with zero attached hydrogens (tertiary/aromatic N) is 3. The van der Waals surface area contributed by atoms with Crippen LogP contribution in [0.5, 0.6) is 0 Å². The highest BCUT2D eigenvalue weighted by molar-refractivity contribution is 5.32. The van der Waals surface area contributed by atoms with E-state index in [1.807, 2.05) is 12.4 Å². The Labute approximate surface area is 115 Å². The monoisotopic (exact) mass is 260 g/mol. The van der Waals surface area contributed by atoms with Crippen molar-refractivity contribution >= 4 is 5.95 Å². The van der Waals surface area contributed by atoms with Crippen LogP contribution in [-0.2, 0) is 6.54 Å². The first kappa shape index (κ1) is 12.9. The van der Waals surface area contributed by atoms with Crippen molar-refractivity contribution in [1.29, 1.82) is 0 Å². The van der Waals surface area contributed by atoms with Crippen LogP contribution in [0.4, 0.5) is 5.95 Å². The van der Waals surface area contributed by atoms with E-state index in [4.69, 9.17) is 0 Å². The van der Waals surface area contributed by atoms with Crippen LogP contribution in [0.1, 0.15) is 38.2 Å². The van der Waals surface area contributed by atoms with Crippen molar-refractivity contribution in [3.05, 3.63) is 18.0 Å². The summed E-state index contributed by atoms with van der Waals surface area (Å²) < 4.78 is 0. The van der Waals surface area contributed by atoms with Crippen molar-refractivity contribution < 1.29 is 0 Å². The summed E-state index contributed by atoms with van der Waals surface area (Å²) in [5.41, 5.74) is 1.18. The second-order valence-electron chi connectivity index (χ2n) is 5.92. The number of nitrogens with one attached hydrogen (secondary N) is 1. The van der Waals surface area contributed by atoms with E-state index in [1.54, 1.807) is 0 Å². The van der Waals surface area contributed by atoms with Gasteiger partial charge in [-0.15, -0.1) is 0 Å². The van der Waals surface area contributed by atoms with Crippen molar-refractivity contribution in [3.8, 4) is 0 Å². The minimum Gasteiger partial charge on any atom is -0.340 e. The zero-order chi connectivity index (χ0) is 13.1. The number of anilines is 1. The van der Waals surface area contributed by atoms with Crippen LogP contribution in [0.15, 0.2) is 12.4 Å². The fourth-order valence-electron chi connectivity index (χ4n) is 3.41. The van der Waals surface area contributed by atoms with E-state index in [0.717, 1.165) is 50.4 Å². The Morgan fingerprint density at radius 1 is 1.21 bits per heavy atom. The molecule has 0 radical (unpaired) electrons. The number of rotatable bonds is 5. The van der Waals surface area contributed by atoms with Crippen LogP contribution in [0.25, 0.3) is 0 Å². The van der Waals surface area contributed by atoms with E-state index in [9.17, 15) is 0 Å². The van der Waals surface area contributed by atoms with Gasteiger partial charge < -0.3 is 10.2 Å². The summed E-state index contributed by atoms with van der Waals surface area (Å²) in [4.78, 5) is 11.5. The van der Waals surface area contributed by atoms with Gasteiger partial charge in [0.15, 0.2) is 0 Å². The summed E-state index contributed by atoms with van der Waals surface area (Å²) in [6.07, 6.45) is 9.33. The molecule has 19 heavy (non-hydrogen) atoms. The second-order valence-corrected chi connectivity index (χ2v) is 5.92. The van der Waals surface area contributed by atoms with Crippen LogP contribution < -0.4 is 10.2 Å². The van der Waals surface area contributed by atoms with Gasteiger partial charge in [0, 0.05) is 37.6 Å². The van der Waals surface area contributed by atoms with Crippen LogP contribution in [0.2, 0.25) is 0 Å². The lowest BCUT2D eigenvalue weighted by molar-refractivity contribution is 0.494. The normalized spacial score (nSPS) is 25.8. The maximum atomic E-state index is 4.54. The van der Waals surface area contributed by atoms with Crippen molar-refractivity contribution in [2.45, 2.75) is 39.2 Å². The third-order valence-corrected chi connectivity index (χ3v) is 4.46. The Kier molecular flexibility index (Phi) is 3.97. The summed E-state index contributed by atoms with van der Waals surface area (Å²) in [5.74, 6) is 2.72. The molecule has 4 heteroatoms. The van der Waals surface area contributed by atoms with Crippen molar-refractivity contribution in [3.63, 3.8) is 0 Å². The molecule has 0 amide bonds. The third kappa shape index (κ3) is 2.89. The molecule has 2 atom stereocenters. The molecule has 2 aliphatic rings. The van der Waals surface area contributed by atoms with Crippen LogP contribution in [0, 0.1) is 11.8 Å². The van der Waals surface area contributed by atoms with Gasteiger partial charge in [0.1, 0.15) is 0 Å². The lowest BCUT2D eigenvalue weighted by Gasteiger charge is -2.17. The largest absolute Gasteiger partial charge is 0.340 e. The van der Waals surface area contributed by atoms with E-state index in [0.29, 0.717) is 0 Å². The Hall–Kier alpha value is -1.16. The van der Waals surface area contributed by atoms with Crippen molar-refractivity contribution in [2.24, 2.45) is 11.8 Å². The van der Waals surface area contributed by atoms with E-state index in [2.05, 4.69) is 27.1 Å².